The van der Waals surface area contributed by atoms with E-state index < -0.39 is 78.5 Å². The van der Waals surface area contributed by atoms with E-state index in [1.165, 1.54) is 12.1 Å². The van der Waals surface area contributed by atoms with Crippen molar-refractivity contribution in [2.45, 2.75) is 12.4 Å². The summed E-state index contributed by atoms with van der Waals surface area (Å²) in [6.07, 6.45) is -10.0. The fourth-order valence-electron chi connectivity index (χ4n) is 4.84. The summed E-state index contributed by atoms with van der Waals surface area (Å²) in [6, 6.07) is 12.0. The van der Waals surface area contributed by atoms with E-state index in [-0.39, 0.29) is 21.5 Å². The molecule has 5 aromatic rings. The molecule has 0 atom stereocenters. The first kappa shape index (κ1) is 27.1. The SMILES string of the molecule is N#CC(C#N)=c1c2oc3c(C#N)c(C(F)(F)F)ccc3c2c(=C(C#N)C#N)c2oc3c(C#N)c(C(F)(F)F)ccc3c12. The molecule has 200 valence electrons. The van der Waals surface area contributed by atoms with Crippen LogP contribution in [0.4, 0.5) is 26.3 Å². The van der Waals surface area contributed by atoms with E-state index >= 15 is 0 Å². The molecule has 0 fully saturated rings. The number of nitrogens with zero attached hydrogens (tertiary/aromatic N) is 6. The van der Waals surface area contributed by atoms with Crippen molar-refractivity contribution >= 4 is 55.0 Å². The lowest BCUT2D eigenvalue weighted by Crippen LogP contribution is -2.16. The quantitative estimate of drug-likeness (QED) is 0.215. The van der Waals surface area contributed by atoms with Gasteiger partial charge in [-0.3, -0.25) is 0 Å². The van der Waals surface area contributed by atoms with E-state index in [9.17, 15) is 57.9 Å². The van der Waals surface area contributed by atoms with Crippen molar-refractivity contribution in [1.29, 1.82) is 31.6 Å². The van der Waals surface area contributed by atoms with Gasteiger partial charge in [0.2, 0.25) is 0 Å². The molecule has 2 heterocycles. The maximum atomic E-state index is 13.7. The summed E-state index contributed by atoms with van der Waals surface area (Å²) in [5.41, 5.74) is -8.58. The lowest BCUT2D eigenvalue weighted by molar-refractivity contribution is -0.138. The van der Waals surface area contributed by atoms with Gasteiger partial charge < -0.3 is 8.83 Å². The van der Waals surface area contributed by atoms with Gasteiger partial charge in [0.05, 0.1) is 21.6 Å². The molecule has 0 N–H and O–H groups in total. The first-order chi connectivity index (χ1) is 19.9. The van der Waals surface area contributed by atoms with Crippen molar-refractivity contribution in [3.8, 4) is 36.4 Å². The maximum absolute atomic E-state index is 13.7. The number of nitriles is 6. The zero-order valence-electron chi connectivity index (χ0n) is 20.1. The minimum atomic E-state index is -5.01. The second-order valence-corrected chi connectivity index (χ2v) is 8.51. The highest BCUT2D eigenvalue weighted by Gasteiger charge is 2.37. The van der Waals surface area contributed by atoms with Gasteiger partial charge >= 0.3 is 12.4 Å². The number of benzene rings is 3. The van der Waals surface area contributed by atoms with Crippen LogP contribution >= 0.6 is 0 Å². The molecule has 3 aromatic carbocycles. The van der Waals surface area contributed by atoms with Crippen LogP contribution in [0.2, 0.25) is 0 Å². The fraction of sp³-hybridized carbons (Fsp3) is 0.0714. The zero-order valence-corrected chi connectivity index (χ0v) is 20.1. The highest BCUT2D eigenvalue weighted by atomic mass is 19.4. The van der Waals surface area contributed by atoms with Crippen LogP contribution < -0.4 is 10.4 Å². The van der Waals surface area contributed by atoms with Gasteiger partial charge in [-0.25, -0.2) is 0 Å². The molecule has 14 heteroatoms. The number of hydrogen-bond acceptors (Lipinski definition) is 8. The van der Waals surface area contributed by atoms with Gasteiger partial charge in [0.15, 0.2) is 11.2 Å². The first-order valence-electron chi connectivity index (χ1n) is 11.1. The molecule has 0 bridgehead atoms. The summed E-state index contributed by atoms with van der Waals surface area (Å²) >= 11 is 0. The molecule has 0 saturated carbocycles. The number of rotatable bonds is 0. The summed E-state index contributed by atoms with van der Waals surface area (Å²) in [5, 5.41) is 56.2. The monoisotopic (exact) mass is 570 g/mol. The summed E-state index contributed by atoms with van der Waals surface area (Å²) in [5.74, 6) is 0. The van der Waals surface area contributed by atoms with E-state index in [1.807, 2.05) is 0 Å². The fourth-order valence-corrected chi connectivity index (χ4v) is 4.84. The molecular weight excluding hydrogens is 566 g/mol. The number of alkyl halides is 6. The van der Waals surface area contributed by atoms with Crippen LogP contribution in [0.1, 0.15) is 22.3 Å². The average molecular weight is 570 g/mol. The van der Waals surface area contributed by atoms with Gasteiger partial charge in [-0.2, -0.15) is 57.9 Å². The van der Waals surface area contributed by atoms with Gasteiger partial charge in [-0.1, -0.05) is 0 Å². The Labute approximate surface area is 227 Å². The largest absolute Gasteiger partial charge is 0.454 e. The lowest BCUT2D eigenvalue weighted by atomic mass is 9.96. The number of furan rings is 2. The van der Waals surface area contributed by atoms with Gasteiger partial charge in [0.25, 0.3) is 0 Å². The van der Waals surface area contributed by atoms with Crippen LogP contribution in [-0.2, 0) is 12.4 Å². The second-order valence-electron chi connectivity index (χ2n) is 8.51. The Bertz CT molecular complexity index is 2250. The first-order valence-corrected chi connectivity index (χ1v) is 11.1. The van der Waals surface area contributed by atoms with Gasteiger partial charge in [-0.15, -0.1) is 0 Å². The molecule has 0 aliphatic heterocycles. The number of halogens is 6. The summed E-state index contributed by atoms with van der Waals surface area (Å²) in [6.45, 7) is 0. The Morgan fingerprint density at radius 1 is 0.524 bits per heavy atom. The number of hydrogen-bond donors (Lipinski definition) is 0. The van der Waals surface area contributed by atoms with Crippen molar-refractivity contribution in [3.63, 3.8) is 0 Å². The van der Waals surface area contributed by atoms with E-state index in [1.54, 1.807) is 24.3 Å². The van der Waals surface area contributed by atoms with Crippen LogP contribution in [0.5, 0.6) is 0 Å². The third-order valence-electron chi connectivity index (χ3n) is 6.45. The predicted octanol–water partition coefficient (Wildman–Crippen LogP) is 5.66. The Morgan fingerprint density at radius 3 is 1.12 bits per heavy atom. The molecule has 0 aliphatic rings. The smallest absolute Gasteiger partial charge is 0.417 e. The minimum Gasteiger partial charge on any atom is -0.454 e. The maximum Gasteiger partial charge on any atom is 0.417 e. The number of fused-ring (bicyclic) bond motifs is 6. The van der Waals surface area contributed by atoms with Crippen molar-refractivity contribution in [2.24, 2.45) is 0 Å². The normalized spacial score (nSPS) is 11.4. The van der Waals surface area contributed by atoms with Crippen LogP contribution in [0.15, 0.2) is 33.1 Å². The molecule has 5 rings (SSSR count). The third kappa shape index (κ3) is 3.58. The molecule has 42 heavy (non-hydrogen) atoms. The van der Waals surface area contributed by atoms with Crippen molar-refractivity contribution in [3.05, 3.63) is 57.0 Å². The molecule has 0 unspecified atom stereocenters. The van der Waals surface area contributed by atoms with Gasteiger partial charge in [0.1, 0.15) is 69.9 Å². The van der Waals surface area contributed by atoms with Crippen LogP contribution in [0.3, 0.4) is 0 Å². The average Bonchev–Trinajstić information content (AvgIpc) is 3.52. The van der Waals surface area contributed by atoms with E-state index in [0.29, 0.717) is 12.1 Å². The topological polar surface area (TPSA) is 169 Å². The summed E-state index contributed by atoms with van der Waals surface area (Å²) < 4.78 is 93.6. The zero-order chi connectivity index (χ0) is 30.7. The van der Waals surface area contributed by atoms with Crippen LogP contribution in [-0.4, -0.2) is 0 Å². The van der Waals surface area contributed by atoms with Crippen molar-refractivity contribution in [1.82, 2.24) is 0 Å². The second kappa shape index (κ2) is 9.04. The Morgan fingerprint density at radius 2 is 0.857 bits per heavy atom. The van der Waals surface area contributed by atoms with Crippen LogP contribution in [0, 0.1) is 68.0 Å². The third-order valence-corrected chi connectivity index (χ3v) is 6.45. The van der Waals surface area contributed by atoms with E-state index in [0.717, 1.165) is 12.1 Å². The van der Waals surface area contributed by atoms with E-state index in [2.05, 4.69) is 0 Å². The van der Waals surface area contributed by atoms with Crippen molar-refractivity contribution < 1.29 is 35.2 Å². The molecule has 0 saturated heterocycles. The highest BCUT2D eigenvalue weighted by Crippen LogP contribution is 2.41. The molecule has 2 aromatic heterocycles. The molecule has 0 amide bonds. The molecule has 0 radical (unpaired) electrons. The minimum absolute atomic E-state index is 0.261. The Kier molecular flexibility index (Phi) is 5.83. The molecular formula is C28H4F6N6O2. The molecule has 0 aliphatic carbocycles. The van der Waals surface area contributed by atoms with Crippen molar-refractivity contribution in [2.75, 3.05) is 0 Å². The molecule has 0 spiro atoms. The van der Waals surface area contributed by atoms with Gasteiger partial charge in [0, 0.05) is 21.5 Å². The summed E-state index contributed by atoms with van der Waals surface area (Å²) in [4.78, 5) is 0. The lowest BCUT2D eigenvalue weighted by Gasteiger charge is -2.08. The van der Waals surface area contributed by atoms with Crippen LogP contribution in [0.25, 0.3) is 55.0 Å². The van der Waals surface area contributed by atoms with E-state index in [4.69, 9.17) is 8.83 Å². The Hall–Kier alpha value is -6.48. The molecule has 8 nitrogen and oxygen atoms in total. The predicted molar refractivity (Wildman–Crippen MR) is 129 cm³/mol. The Balaban J connectivity index is 2.29. The standard InChI is InChI=1S/C28H4F6N6O2/c29-27(30,31)17-3-1-13-21-19(11(5-35)6-36)26-22(14-2-4-18(28(32,33)34)16(10-40)24(14)42-26)20(12(7-37)8-38)25(21)41-23(13)15(17)9-39/h1-4H. The highest BCUT2D eigenvalue weighted by molar-refractivity contribution is 6.19. The summed E-state index contributed by atoms with van der Waals surface area (Å²) in [7, 11) is 0. The van der Waals surface area contributed by atoms with Gasteiger partial charge in [-0.05, 0) is 24.3 Å².